The second-order valence-corrected chi connectivity index (χ2v) is 4.99. The molecule has 96 valence electrons. The highest BCUT2D eigenvalue weighted by Crippen LogP contribution is 2.25. The van der Waals surface area contributed by atoms with Crippen molar-refractivity contribution in [2.24, 2.45) is 5.92 Å². The van der Waals surface area contributed by atoms with Gasteiger partial charge in [0.25, 0.3) is 5.91 Å². The van der Waals surface area contributed by atoms with Crippen molar-refractivity contribution in [1.29, 1.82) is 0 Å². The first-order valence-corrected chi connectivity index (χ1v) is 6.57. The van der Waals surface area contributed by atoms with Crippen molar-refractivity contribution >= 4 is 5.91 Å². The van der Waals surface area contributed by atoms with Crippen LogP contribution in [0.2, 0.25) is 0 Å². The third-order valence-corrected chi connectivity index (χ3v) is 3.67. The van der Waals surface area contributed by atoms with Gasteiger partial charge in [0.05, 0.1) is 6.61 Å². The number of rotatable bonds is 3. The van der Waals surface area contributed by atoms with E-state index < -0.39 is 0 Å². The number of ether oxygens (including phenoxy) is 1. The summed E-state index contributed by atoms with van der Waals surface area (Å²) >= 11 is 0. The van der Waals surface area contributed by atoms with Crippen molar-refractivity contribution in [3.05, 3.63) is 29.3 Å². The van der Waals surface area contributed by atoms with Crippen LogP contribution in [0.1, 0.15) is 22.3 Å². The predicted octanol–water partition coefficient (Wildman–Crippen LogP) is 0.961. The van der Waals surface area contributed by atoms with Crippen molar-refractivity contribution in [2.75, 3.05) is 26.2 Å². The van der Waals surface area contributed by atoms with Crippen LogP contribution in [0.15, 0.2) is 18.2 Å². The maximum Gasteiger partial charge on any atom is 0.251 e. The lowest BCUT2D eigenvalue weighted by Crippen LogP contribution is -2.30. The molecule has 0 spiro atoms. The van der Waals surface area contributed by atoms with Crippen LogP contribution in [0, 0.1) is 5.92 Å². The summed E-state index contributed by atoms with van der Waals surface area (Å²) in [5.74, 6) is 1.52. The highest BCUT2D eigenvalue weighted by atomic mass is 16.5. The number of fused-ring (bicyclic) bond motifs is 1. The molecule has 2 aliphatic rings. The van der Waals surface area contributed by atoms with Crippen LogP contribution in [0.5, 0.6) is 5.75 Å². The minimum atomic E-state index is 0.0246. The first-order valence-electron chi connectivity index (χ1n) is 6.57. The molecule has 4 nitrogen and oxygen atoms in total. The molecule has 0 saturated carbocycles. The fourth-order valence-corrected chi connectivity index (χ4v) is 2.56. The summed E-state index contributed by atoms with van der Waals surface area (Å²) in [5.41, 5.74) is 1.88. The van der Waals surface area contributed by atoms with E-state index >= 15 is 0 Å². The van der Waals surface area contributed by atoms with E-state index in [0.29, 0.717) is 5.92 Å². The van der Waals surface area contributed by atoms with E-state index in [9.17, 15) is 4.79 Å². The first kappa shape index (κ1) is 11.5. The molecule has 3 rings (SSSR count). The largest absolute Gasteiger partial charge is 0.493 e. The van der Waals surface area contributed by atoms with Crippen LogP contribution in [-0.2, 0) is 6.42 Å². The lowest BCUT2D eigenvalue weighted by molar-refractivity contribution is 0.0948. The molecule has 0 aromatic heterocycles. The van der Waals surface area contributed by atoms with Crippen LogP contribution in [0.3, 0.4) is 0 Å². The van der Waals surface area contributed by atoms with Gasteiger partial charge < -0.3 is 15.4 Å². The highest BCUT2D eigenvalue weighted by molar-refractivity contribution is 5.94. The summed E-state index contributed by atoms with van der Waals surface area (Å²) in [6.07, 6.45) is 2.06. The van der Waals surface area contributed by atoms with Gasteiger partial charge in [-0.15, -0.1) is 0 Å². The van der Waals surface area contributed by atoms with Gasteiger partial charge >= 0.3 is 0 Å². The van der Waals surface area contributed by atoms with Gasteiger partial charge in [0.2, 0.25) is 0 Å². The predicted molar refractivity (Wildman–Crippen MR) is 69.0 cm³/mol. The molecule has 0 aliphatic carbocycles. The average molecular weight is 246 g/mol. The average Bonchev–Trinajstić information content (AvgIpc) is 3.05. The van der Waals surface area contributed by atoms with Crippen molar-refractivity contribution in [3.63, 3.8) is 0 Å². The molecule has 1 aromatic rings. The second kappa shape index (κ2) is 4.98. The Hall–Kier alpha value is -1.55. The third-order valence-electron chi connectivity index (χ3n) is 3.67. The summed E-state index contributed by atoms with van der Waals surface area (Å²) < 4.78 is 5.43. The van der Waals surface area contributed by atoms with Crippen LogP contribution in [0.4, 0.5) is 0 Å². The molecule has 2 aliphatic heterocycles. The minimum absolute atomic E-state index is 0.0246. The van der Waals surface area contributed by atoms with Crippen molar-refractivity contribution in [3.8, 4) is 5.75 Å². The van der Waals surface area contributed by atoms with Crippen LogP contribution >= 0.6 is 0 Å². The lowest BCUT2D eigenvalue weighted by Gasteiger charge is -2.10. The minimum Gasteiger partial charge on any atom is -0.493 e. The molecule has 0 radical (unpaired) electrons. The number of benzene rings is 1. The Bertz CT molecular complexity index is 453. The van der Waals surface area contributed by atoms with Crippen molar-refractivity contribution in [2.45, 2.75) is 12.8 Å². The first-order chi connectivity index (χ1) is 8.83. The standard InChI is InChI=1S/C14H18N2O2/c17-14(16-9-10-3-5-15-8-10)12-1-2-13-11(7-12)4-6-18-13/h1-2,7,10,15H,3-6,8-9H2,(H,16,17). The Labute approximate surface area is 107 Å². The monoisotopic (exact) mass is 246 g/mol. The zero-order chi connectivity index (χ0) is 12.4. The van der Waals surface area contributed by atoms with E-state index in [4.69, 9.17) is 4.74 Å². The van der Waals surface area contributed by atoms with E-state index in [1.54, 1.807) is 0 Å². The maximum atomic E-state index is 12.0. The van der Waals surface area contributed by atoms with Gasteiger partial charge in [0, 0.05) is 18.5 Å². The summed E-state index contributed by atoms with van der Waals surface area (Å²) in [5, 5.41) is 6.31. The molecule has 1 fully saturated rings. The summed E-state index contributed by atoms with van der Waals surface area (Å²) in [6.45, 7) is 3.57. The molecule has 1 unspecified atom stereocenters. The fraction of sp³-hybridized carbons (Fsp3) is 0.500. The zero-order valence-electron chi connectivity index (χ0n) is 10.4. The summed E-state index contributed by atoms with van der Waals surface area (Å²) in [4.78, 5) is 12.0. The number of carbonyl (C=O) groups is 1. The molecule has 1 amide bonds. The van der Waals surface area contributed by atoms with E-state index in [1.165, 1.54) is 0 Å². The summed E-state index contributed by atoms with van der Waals surface area (Å²) in [7, 11) is 0. The van der Waals surface area contributed by atoms with Gasteiger partial charge in [-0.05, 0) is 49.2 Å². The Balaban J connectivity index is 1.61. The molecule has 18 heavy (non-hydrogen) atoms. The topological polar surface area (TPSA) is 50.4 Å². The van der Waals surface area contributed by atoms with Crippen molar-refractivity contribution in [1.82, 2.24) is 10.6 Å². The van der Waals surface area contributed by atoms with Gasteiger partial charge in [-0.25, -0.2) is 0 Å². The third kappa shape index (κ3) is 2.34. The molecule has 2 N–H and O–H groups in total. The molecule has 4 heteroatoms. The fourth-order valence-electron chi connectivity index (χ4n) is 2.56. The van der Waals surface area contributed by atoms with Crippen LogP contribution in [-0.4, -0.2) is 32.1 Å². The summed E-state index contributed by atoms with van der Waals surface area (Å²) in [6, 6.07) is 5.69. The van der Waals surface area contributed by atoms with Gasteiger partial charge in [0.15, 0.2) is 0 Å². The number of nitrogens with one attached hydrogen (secondary N) is 2. The number of hydrogen-bond donors (Lipinski definition) is 2. The van der Waals surface area contributed by atoms with Crippen LogP contribution < -0.4 is 15.4 Å². The van der Waals surface area contributed by atoms with E-state index in [0.717, 1.165) is 56.0 Å². The van der Waals surface area contributed by atoms with E-state index in [1.807, 2.05) is 18.2 Å². The number of carbonyl (C=O) groups excluding carboxylic acids is 1. The van der Waals surface area contributed by atoms with Gasteiger partial charge in [0.1, 0.15) is 5.75 Å². The van der Waals surface area contributed by atoms with Crippen LogP contribution in [0.25, 0.3) is 0 Å². The Morgan fingerprint density at radius 2 is 2.44 bits per heavy atom. The van der Waals surface area contributed by atoms with E-state index in [2.05, 4.69) is 10.6 Å². The Morgan fingerprint density at radius 3 is 3.28 bits per heavy atom. The zero-order valence-corrected chi connectivity index (χ0v) is 10.4. The lowest BCUT2D eigenvalue weighted by atomic mass is 10.1. The van der Waals surface area contributed by atoms with Gasteiger partial charge in [-0.1, -0.05) is 0 Å². The normalized spacial score (nSPS) is 21.4. The Morgan fingerprint density at radius 1 is 1.50 bits per heavy atom. The van der Waals surface area contributed by atoms with Gasteiger partial charge in [-0.2, -0.15) is 0 Å². The molecular weight excluding hydrogens is 228 g/mol. The van der Waals surface area contributed by atoms with Crippen molar-refractivity contribution < 1.29 is 9.53 Å². The second-order valence-electron chi connectivity index (χ2n) is 4.99. The molecular formula is C14H18N2O2. The molecule has 1 saturated heterocycles. The Kier molecular flexibility index (Phi) is 3.19. The van der Waals surface area contributed by atoms with E-state index in [-0.39, 0.29) is 5.91 Å². The smallest absolute Gasteiger partial charge is 0.251 e. The SMILES string of the molecule is O=C(NCC1CCNC1)c1ccc2c(c1)CCO2. The molecule has 1 aromatic carbocycles. The quantitative estimate of drug-likeness (QED) is 0.835. The molecule has 0 bridgehead atoms. The highest BCUT2D eigenvalue weighted by Gasteiger charge is 2.17. The number of amides is 1. The maximum absolute atomic E-state index is 12.0. The molecule has 1 atom stereocenters. The number of hydrogen-bond acceptors (Lipinski definition) is 3. The molecule has 2 heterocycles. The van der Waals surface area contributed by atoms with Gasteiger partial charge in [-0.3, -0.25) is 4.79 Å².